The lowest BCUT2D eigenvalue weighted by molar-refractivity contribution is -0.137. The van der Waals surface area contributed by atoms with E-state index in [9.17, 15) is 18.0 Å². The zero-order valence-corrected chi connectivity index (χ0v) is 15.8. The maximum Gasteiger partial charge on any atom is 0.416 e. The van der Waals surface area contributed by atoms with Crippen molar-refractivity contribution in [3.05, 3.63) is 59.8 Å². The van der Waals surface area contributed by atoms with E-state index in [2.05, 4.69) is 17.2 Å². The molecule has 0 spiro atoms. The predicted octanol–water partition coefficient (Wildman–Crippen LogP) is 5.40. The number of benzene rings is 2. The third-order valence-electron chi connectivity index (χ3n) is 5.30. The summed E-state index contributed by atoms with van der Waals surface area (Å²) in [7, 11) is 0. The van der Waals surface area contributed by atoms with Crippen LogP contribution in [0, 0.1) is 11.8 Å². The smallest absolute Gasteiger partial charge is 0.416 e. The van der Waals surface area contributed by atoms with Crippen LogP contribution in [0.5, 0.6) is 5.75 Å². The van der Waals surface area contributed by atoms with Crippen molar-refractivity contribution in [1.29, 1.82) is 0 Å². The van der Waals surface area contributed by atoms with Gasteiger partial charge < -0.3 is 15.0 Å². The summed E-state index contributed by atoms with van der Waals surface area (Å²) in [6.07, 6.45) is -1.15. The number of nitrogens with one attached hydrogen (secondary N) is 2. The van der Waals surface area contributed by atoms with Gasteiger partial charge in [-0.2, -0.15) is 13.2 Å². The SMILES string of the molecule is C[C@H]1C[C@@H]1C(=O)Nc1c[nH]c2ccc(OCCc3ccc(C(F)(F)F)cc3)cc12. The van der Waals surface area contributed by atoms with Crippen LogP contribution in [-0.2, 0) is 17.4 Å². The molecule has 152 valence electrons. The van der Waals surface area contributed by atoms with Crippen molar-refractivity contribution in [2.45, 2.75) is 25.9 Å². The fourth-order valence-electron chi connectivity index (χ4n) is 3.35. The molecular weight excluding hydrogens is 381 g/mol. The molecule has 4 rings (SSSR count). The first kappa shape index (κ1) is 19.4. The number of amides is 1. The number of rotatable bonds is 6. The fraction of sp³-hybridized carbons (Fsp3) is 0.318. The standard InChI is InChI=1S/C22H21F3N2O2/c1-13-10-17(13)21(28)27-20-12-26-19-7-6-16(11-18(19)20)29-9-8-14-2-4-15(5-3-14)22(23,24)25/h2-7,11-13,17,26H,8-10H2,1H3,(H,27,28)/t13-,17-/m0/s1. The van der Waals surface area contributed by atoms with Crippen molar-refractivity contribution in [3.63, 3.8) is 0 Å². The topological polar surface area (TPSA) is 54.1 Å². The van der Waals surface area contributed by atoms with E-state index in [1.54, 1.807) is 6.20 Å². The number of carbonyl (C=O) groups excluding carboxylic acids is 1. The summed E-state index contributed by atoms with van der Waals surface area (Å²) in [6.45, 7) is 2.39. The van der Waals surface area contributed by atoms with Crippen LogP contribution in [0.3, 0.4) is 0 Å². The maximum atomic E-state index is 12.6. The average Bonchev–Trinajstić information content (AvgIpc) is 3.29. The molecule has 3 aromatic rings. The van der Waals surface area contributed by atoms with Gasteiger partial charge in [0.2, 0.25) is 5.91 Å². The number of H-pyrrole nitrogens is 1. The lowest BCUT2D eigenvalue weighted by Crippen LogP contribution is -2.14. The normalized spacial score (nSPS) is 18.6. The third kappa shape index (κ3) is 4.39. The Morgan fingerprint density at radius 1 is 1.21 bits per heavy atom. The number of fused-ring (bicyclic) bond motifs is 1. The zero-order valence-electron chi connectivity index (χ0n) is 15.8. The highest BCUT2D eigenvalue weighted by Gasteiger charge is 2.39. The summed E-state index contributed by atoms with van der Waals surface area (Å²) in [5.74, 6) is 1.19. The van der Waals surface area contributed by atoms with Gasteiger partial charge >= 0.3 is 6.18 Å². The van der Waals surface area contributed by atoms with Crippen LogP contribution < -0.4 is 10.1 Å². The molecule has 2 N–H and O–H groups in total. The minimum absolute atomic E-state index is 0.0343. The number of ether oxygens (including phenoxy) is 1. The van der Waals surface area contributed by atoms with E-state index in [1.807, 2.05) is 18.2 Å². The van der Waals surface area contributed by atoms with E-state index in [-0.39, 0.29) is 11.8 Å². The monoisotopic (exact) mass is 402 g/mol. The molecule has 4 nitrogen and oxygen atoms in total. The van der Waals surface area contributed by atoms with Crippen molar-refractivity contribution >= 4 is 22.5 Å². The Hall–Kier alpha value is -2.96. The van der Waals surface area contributed by atoms with Crippen LogP contribution in [0.4, 0.5) is 18.9 Å². The quantitative estimate of drug-likeness (QED) is 0.580. The molecule has 0 aliphatic heterocycles. The van der Waals surface area contributed by atoms with Gasteiger partial charge in [-0.25, -0.2) is 0 Å². The second-order valence-electron chi connectivity index (χ2n) is 7.51. The minimum Gasteiger partial charge on any atom is -0.493 e. The number of alkyl halides is 3. The minimum atomic E-state index is -4.33. The molecule has 1 aromatic heterocycles. The van der Waals surface area contributed by atoms with Crippen molar-refractivity contribution in [3.8, 4) is 5.75 Å². The van der Waals surface area contributed by atoms with Crippen molar-refractivity contribution in [2.75, 3.05) is 11.9 Å². The van der Waals surface area contributed by atoms with Crippen LogP contribution in [-0.4, -0.2) is 17.5 Å². The van der Waals surface area contributed by atoms with Gasteiger partial charge in [-0.3, -0.25) is 4.79 Å². The number of aromatic nitrogens is 1. The van der Waals surface area contributed by atoms with Gasteiger partial charge in [-0.05, 0) is 48.2 Å². The summed E-state index contributed by atoms with van der Waals surface area (Å²) in [4.78, 5) is 15.3. The Morgan fingerprint density at radius 3 is 2.59 bits per heavy atom. The molecule has 29 heavy (non-hydrogen) atoms. The zero-order chi connectivity index (χ0) is 20.6. The first-order chi connectivity index (χ1) is 13.8. The van der Waals surface area contributed by atoms with Crippen LogP contribution in [0.15, 0.2) is 48.7 Å². The van der Waals surface area contributed by atoms with Crippen molar-refractivity contribution < 1.29 is 22.7 Å². The van der Waals surface area contributed by atoms with Gasteiger partial charge in [-0.1, -0.05) is 19.1 Å². The number of aromatic amines is 1. The van der Waals surface area contributed by atoms with E-state index in [1.165, 1.54) is 12.1 Å². The highest BCUT2D eigenvalue weighted by Crippen LogP contribution is 2.39. The molecule has 2 atom stereocenters. The summed E-state index contributed by atoms with van der Waals surface area (Å²) >= 11 is 0. The van der Waals surface area contributed by atoms with E-state index in [4.69, 9.17) is 4.74 Å². The largest absolute Gasteiger partial charge is 0.493 e. The second-order valence-corrected chi connectivity index (χ2v) is 7.51. The van der Waals surface area contributed by atoms with Gasteiger partial charge in [0.1, 0.15) is 5.75 Å². The maximum absolute atomic E-state index is 12.6. The lowest BCUT2D eigenvalue weighted by atomic mass is 10.1. The van der Waals surface area contributed by atoms with Gasteiger partial charge in [-0.15, -0.1) is 0 Å². The molecule has 0 saturated heterocycles. The van der Waals surface area contributed by atoms with Crippen molar-refractivity contribution in [2.24, 2.45) is 11.8 Å². The van der Waals surface area contributed by atoms with E-state index in [0.717, 1.165) is 40.7 Å². The molecule has 1 saturated carbocycles. The molecule has 0 radical (unpaired) electrons. The number of hydrogen-bond acceptors (Lipinski definition) is 2. The number of halogens is 3. The van der Waals surface area contributed by atoms with Crippen LogP contribution in [0.1, 0.15) is 24.5 Å². The number of anilines is 1. The van der Waals surface area contributed by atoms with Gasteiger partial charge in [0, 0.05) is 29.4 Å². The molecular formula is C22H21F3N2O2. The fourth-order valence-corrected chi connectivity index (χ4v) is 3.35. The highest BCUT2D eigenvalue weighted by atomic mass is 19.4. The Bertz CT molecular complexity index is 1020. The summed E-state index contributed by atoms with van der Waals surface area (Å²) in [6, 6.07) is 10.6. The molecule has 0 unspecified atom stereocenters. The molecule has 1 amide bonds. The van der Waals surface area contributed by atoms with Gasteiger partial charge in [0.25, 0.3) is 0 Å². The van der Waals surface area contributed by atoms with E-state index in [0.29, 0.717) is 24.7 Å². The van der Waals surface area contributed by atoms with Crippen LogP contribution in [0.2, 0.25) is 0 Å². The first-order valence-electron chi connectivity index (χ1n) is 9.52. The van der Waals surface area contributed by atoms with E-state index >= 15 is 0 Å². The molecule has 2 aromatic carbocycles. The van der Waals surface area contributed by atoms with Crippen LogP contribution >= 0.6 is 0 Å². The summed E-state index contributed by atoms with van der Waals surface area (Å²) in [5.41, 5.74) is 1.72. The molecule has 0 bridgehead atoms. The third-order valence-corrected chi connectivity index (χ3v) is 5.30. The Kier molecular flexibility index (Phi) is 4.98. The van der Waals surface area contributed by atoms with Gasteiger partial charge in [0.15, 0.2) is 0 Å². The number of hydrogen-bond donors (Lipinski definition) is 2. The lowest BCUT2D eigenvalue weighted by Gasteiger charge is -2.09. The molecule has 1 fully saturated rings. The Balaban J connectivity index is 1.38. The van der Waals surface area contributed by atoms with E-state index < -0.39 is 11.7 Å². The van der Waals surface area contributed by atoms with Crippen LogP contribution in [0.25, 0.3) is 10.9 Å². The number of carbonyl (C=O) groups is 1. The highest BCUT2D eigenvalue weighted by molar-refractivity contribution is 6.03. The first-order valence-corrected chi connectivity index (χ1v) is 9.52. The average molecular weight is 402 g/mol. The predicted molar refractivity (Wildman–Crippen MR) is 105 cm³/mol. The molecule has 7 heteroatoms. The van der Waals surface area contributed by atoms with Crippen molar-refractivity contribution in [1.82, 2.24) is 4.98 Å². The Morgan fingerprint density at radius 2 is 1.93 bits per heavy atom. The molecule has 1 aliphatic carbocycles. The second kappa shape index (κ2) is 7.46. The summed E-state index contributed by atoms with van der Waals surface area (Å²) in [5, 5.41) is 3.83. The Labute approximate surface area is 166 Å². The summed E-state index contributed by atoms with van der Waals surface area (Å²) < 4.78 is 43.6. The van der Waals surface area contributed by atoms with Gasteiger partial charge in [0.05, 0.1) is 17.9 Å². The molecule has 1 heterocycles. The molecule has 1 aliphatic rings.